The molecule has 1 fully saturated rings. The van der Waals surface area contributed by atoms with E-state index in [4.69, 9.17) is 21.1 Å². The third-order valence-corrected chi connectivity index (χ3v) is 4.15. The van der Waals surface area contributed by atoms with E-state index in [-0.39, 0.29) is 19.0 Å². The number of nitrogens with one attached hydrogen (secondary N) is 1. The fourth-order valence-corrected chi connectivity index (χ4v) is 2.78. The molecule has 0 bridgehead atoms. The Balaban J connectivity index is 1.72. The van der Waals surface area contributed by atoms with Gasteiger partial charge in [0, 0.05) is 5.88 Å². The van der Waals surface area contributed by atoms with Gasteiger partial charge in [-0.05, 0) is 0 Å². The lowest BCUT2D eigenvalue weighted by molar-refractivity contribution is -0.280. The highest BCUT2D eigenvalue weighted by molar-refractivity contribution is 6.17. The molecule has 0 aliphatic carbocycles. The van der Waals surface area contributed by atoms with Crippen molar-refractivity contribution in [2.45, 2.75) is 37.2 Å². The maximum Gasteiger partial charge on any atom is 0.225 e. The molecule has 148 valence electrons. The molecule has 2 aromatic heterocycles. The van der Waals surface area contributed by atoms with Crippen LogP contribution in [-0.4, -0.2) is 89.0 Å². The average molecular weight is 402 g/mol. The number of aliphatic hydroxyl groups is 3. The average Bonchev–Trinajstić information content (AvgIpc) is 3.16. The normalized spacial score (nSPS) is 28.2. The number of rotatable bonds is 8. The van der Waals surface area contributed by atoms with Crippen LogP contribution < -0.4 is 5.32 Å². The Morgan fingerprint density at radius 2 is 2.04 bits per heavy atom. The summed E-state index contributed by atoms with van der Waals surface area (Å²) in [7, 11) is 0. The molecular formula is C14H20ClN7O5. The van der Waals surface area contributed by atoms with Gasteiger partial charge >= 0.3 is 0 Å². The van der Waals surface area contributed by atoms with Crippen LogP contribution in [0.15, 0.2) is 18.9 Å². The summed E-state index contributed by atoms with van der Waals surface area (Å²) in [5.74, 6) is 0.595. The highest BCUT2D eigenvalue weighted by atomic mass is 35.5. The Labute approximate surface area is 159 Å². The third kappa shape index (κ3) is 4.66. The molecule has 0 amide bonds. The molecule has 13 heteroatoms. The first-order valence-corrected chi connectivity index (χ1v) is 8.74. The van der Waals surface area contributed by atoms with Crippen molar-refractivity contribution in [2.24, 2.45) is 0 Å². The second kappa shape index (κ2) is 9.30. The van der Waals surface area contributed by atoms with E-state index in [0.29, 0.717) is 11.6 Å². The molecule has 1 aliphatic heterocycles. The summed E-state index contributed by atoms with van der Waals surface area (Å²) in [6.45, 7) is -0.0287. The summed E-state index contributed by atoms with van der Waals surface area (Å²) >= 11 is 5.65. The van der Waals surface area contributed by atoms with Crippen molar-refractivity contribution >= 4 is 17.5 Å². The Kier molecular flexibility index (Phi) is 6.82. The maximum atomic E-state index is 10.5. The molecule has 3 rings (SSSR count). The number of halogens is 1. The first-order chi connectivity index (χ1) is 13.1. The lowest BCUT2D eigenvalue weighted by Crippen LogP contribution is -2.57. The van der Waals surface area contributed by atoms with Gasteiger partial charge in [-0.25, -0.2) is 19.6 Å². The van der Waals surface area contributed by atoms with Crippen LogP contribution in [0.1, 0.15) is 11.7 Å². The first kappa shape index (κ1) is 19.8. The van der Waals surface area contributed by atoms with Crippen LogP contribution >= 0.6 is 11.6 Å². The molecule has 5 unspecified atom stereocenters. The monoisotopic (exact) mass is 401 g/mol. The van der Waals surface area contributed by atoms with E-state index in [0.717, 1.165) is 0 Å². The van der Waals surface area contributed by atoms with Gasteiger partial charge in [0.05, 0.1) is 26.0 Å². The van der Waals surface area contributed by atoms with Crippen molar-refractivity contribution in [3.05, 3.63) is 24.5 Å². The quantitative estimate of drug-likeness (QED) is 0.373. The molecule has 2 aromatic rings. The largest absolute Gasteiger partial charge is 0.394 e. The number of nitrogens with zero attached hydrogens (tertiary/aromatic N) is 6. The molecule has 4 N–H and O–H groups in total. The van der Waals surface area contributed by atoms with Crippen LogP contribution in [0.3, 0.4) is 0 Å². The molecule has 0 saturated carbocycles. The maximum absolute atomic E-state index is 10.5. The van der Waals surface area contributed by atoms with Gasteiger partial charge in [-0.2, -0.15) is 0 Å². The van der Waals surface area contributed by atoms with Crippen LogP contribution in [0, 0.1) is 0 Å². The molecule has 0 spiro atoms. The zero-order valence-electron chi connectivity index (χ0n) is 14.2. The number of hydrogen-bond donors (Lipinski definition) is 4. The van der Waals surface area contributed by atoms with E-state index in [1.807, 2.05) is 0 Å². The summed E-state index contributed by atoms with van der Waals surface area (Å²) in [6.07, 6.45) is -0.252. The van der Waals surface area contributed by atoms with Crippen LogP contribution in [-0.2, 0) is 16.0 Å². The van der Waals surface area contributed by atoms with Gasteiger partial charge in [0.25, 0.3) is 0 Å². The summed E-state index contributed by atoms with van der Waals surface area (Å²) < 4.78 is 12.4. The van der Waals surface area contributed by atoms with Crippen molar-refractivity contribution in [1.82, 2.24) is 29.9 Å². The minimum atomic E-state index is -1.31. The third-order valence-electron chi connectivity index (χ3n) is 3.99. The fourth-order valence-electron chi connectivity index (χ4n) is 2.69. The van der Waals surface area contributed by atoms with Gasteiger partial charge in [-0.15, -0.1) is 16.7 Å². The van der Waals surface area contributed by atoms with E-state index in [1.165, 1.54) is 17.3 Å². The van der Waals surface area contributed by atoms with Crippen molar-refractivity contribution in [2.75, 3.05) is 24.4 Å². The van der Waals surface area contributed by atoms with Gasteiger partial charge < -0.3 is 30.1 Å². The van der Waals surface area contributed by atoms with E-state index < -0.39 is 37.3 Å². The summed E-state index contributed by atoms with van der Waals surface area (Å²) in [4.78, 5) is 11.6. The van der Waals surface area contributed by atoms with Gasteiger partial charge in [0.15, 0.2) is 6.29 Å². The summed E-state index contributed by atoms with van der Waals surface area (Å²) in [5.41, 5.74) is 0.539. The van der Waals surface area contributed by atoms with Crippen LogP contribution in [0.2, 0.25) is 0 Å². The number of anilines is 1. The predicted molar refractivity (Wildman–Crippen MR) is 90.6 cm³/mol. The Bertz CT molecular complexity index is 708. The smallest absolute Gasteiger partial charge is 0.225 e. The molecular weight excluding hydrogens is 382 g/mol. The second-order valence-corrected chi connectivity index (χ2v) is 6.14. The predicted octanol–water partition coefficient (Wildman–Crippen LogP) is -1.69. The number of hydrogen-bond acceptors (Lipinski definition) is 11. The van der Waals surface area contributed by atoms with Gasteiger partial charge in [0.1, 0.15) is 42.7 Å². The number of ether oxygens (including phenoxy) is 2. The van der Waals surface area contributed by atoms with E-state index in [1.54, 1.807) is 6.20 Å². The minimum Gasteiger partial charge on any atom is -0.394 e. The fraction of sp³-hybridized carbons (Fsp3) is 0.643. The lowest BCUT2D eigenvalue weighted by atomic mass is 9.97. The van der Waals surface area contributed by atoms with E-state index in [9.17, 15) is 15.3 Å². The van der Waals surface area contributed by atoms with Crippen LogP contribution in [0.5, 0.6) is 0 Å². The van der Waals surface area contributed by atoms with Crippen LogP contribution in [0.4, 0.5) is 5.95 Å². The Morgan fingerprint density at radius 1 is 1.26 bits per heavy atom. The molecule has 3 heterocycles. The Hall–Kier alpha value is -1.96. The summed E-state index contributed by atoms with van der Waals surface area (Å²) in [5, 5.41) is 40.9. The van der Waals surface area contributed by atoms with Crippen LogP contribution in [0.25, 0.3) is 0 Å². The zero-order chi connectivity index (χ0) is 19.2. The van der Waals surface area contributed by atoms with Crippen molar-refractivity contribution in [1.29, 1.82) is 0 Å². The molecule has 1 saturated heterocycles. The number of alkyl halides is 1. The molecule has 5 atom stereocenters. The van der Waals surface area contributed by atoms with Crippen molar-refractivity contribution in [3.8, 4) is 0 Å². The van der Waals surface area contributed by atoms with E-state index in [2.05, 4.69) is 30.6 Å². The molecule has 0 aromatic carbocycles. The van der Waals surface area contributed by atoms with Crippen molar-refractivity contribution in [3.63, 3.8) is 0 Å². The van der Waals surface area contributed by atoms with Gasteiger partial charge in [0.2, 0.25) is 5.95 Å². The Morgan fingerprint density at radius 3 is 2.74 bits per heavy atom. The molecule has 1 aliphatic rings. The second-order valence-electron chi connectivity index (χ2n) is 5.76. The number of aliphatic hydroxyl groups excluding tert-OH is 3. The number of aromatic nitrogens is 6. The molecule has 12 nitrogen and oxygen atoms in total. The topological polar surface area (TPSA) is 161 Å². The first-order valence-electron chi connectivity index (χ1n) is 8.20. The SMILES string of the molecule is OCC1OC(OCCCl)C(n2cc(CNc3ncncn3)nn2)C(O)C1O. The van der Waals surface area contributed by atoms with Gasteiger partial charge in [-0.3, -0.25) is 0 Å². The van der Waals surface area contributed by atoms with Crippen molar-refractivity contribution < 1.29 is 24.8 Å². The zero-order valence-corrected chi connectivity index (χ0v) is 14.9. The summed E-state index contributed by atoms with van der Waals surface area (Å²) in [6, 6.07) is -0.871. The standard InChI is InChI=1S/C14H20ClN7O5/c15-1-2-26-13-10(12(25)11(24)9(5-23)27-13)22-4-8(20-21-22)3-17-14-18-6-16-7-19-14/h4,6-7,9-13,23-25H,1-3,5H2,(H,16,17,18,19). The highest BCUT2D eigenvalue weighted by Gasteiger charge is 2.46. The molecule has 27 heavy (non-hydrogen) atoms. The molecule has 0 radical (unpaired) electrons. The highest BCUT2D eigenvalue weighted by Crippen LogP contribution is 2.30. The lowest BCUT2D eigenvalue weighted by Gasteiger charge is -2.41. The van der Waals surface area contributed by atoms with E-state index >= 15 is 0 Å². The minimum absolute atomic E-state index is 0.159. The van der Waals surface area contributed by atoms with Gasteiger partial charge in [-0.1, -0.05) is 5.21 Å².